The van der Waals surface area contributed by atoms with Crippen molar-refractivity contribution in [3.63, 3.8) is 0 Å². The Labute approximate surface area is 125 Å². The molecule has 0 bridgehead atoms. The van der Waals surface area contributed by atoms with Gasteiger partial charge in [0.1, 0.15) is 5.82 Å². The molecule has 0 amide bonds. The SMILES string of the molecule is CC[C@@H](O)CN(Cc1ccccc1)Cc1cccc(F)c1. The minimum absolute atomic E-state index is 0.219. The summed E-state index contributed by atoms with van der Waals surface area (Å²) in [5.41, 5.74) is 2.12. The Hall–Kier alpha value is -1.71. The van der Waals surface area contributed by atoms with Crippen molar-refractivity contribution in [1.29, 1.82) is 0 Å². The van der Waals surface area contributed by atoms with Gasteiger partial charge in [0.25, 0.3) is 0 Å². The first-order valence-electron chi connectivity index (χ1n) is 7.36. The molecule has 1 atom stereocenters. The van der Waals surface area contributed by atoms with Crippen LogP contribution in [0.4, 0.5) is 4.39 Å². The maximum absolute atomic E-state index is 13.3. The summed E-state index contributed by atoms with van der Waals surface area (Å²) in [6.07, 6.45) is 0.358. The quantitative estimate of drug-likeness (QED) is 0.841. The molecule has 2 rings (SSSR count). The van der Waals surface area contributed by atoms with Crippen molar-refractivity contribution in [3.8, 4) is 0 Å². The van der Waals surface area contributed by atoms with E-state index in [0.717, 1.165) is 12.1 Å². The van der Waals surface area contributed by atoms with Crippen LogP contribution in [0.2, 0.25) is 0 Å². The number of benzene rings is 2. The molecular weight excluding hydrogens is 265 g/mol. The lowest BCUT2D eigenvalue weighted by molar-refractivity contribution is 0.101. The molecule has 0 saturated carbocycles. The molecule has 0 radical (unpaired) electrons. The Kier molecular flexibility index (Phi) is 5.90. The van der Waals surface area contributed by atoms with E-state index in [1.807, 2.05) is 31.2 Å². The molecule has 0 unspecified atom stereocenters. The van der Waals surface area contributed by atoms with Crippen molar-refractivity contribution >= 4 is 0 Å². The van der Waals surface area contributed by atoms with Crippen LogP contribution < -0.4 is 0 Å². The first kappa shape index (κ1) is 15.7. The highest BCUT2D eigenvalue weighted by Crippen LogP contribution is 2.12. The van der Waals surface area contributed by atoms with Crippen LogP contribution in [0.1, 0.15) is 24.5 Å². The Balaban J connectivity index is 2.08. The van der Waals surface area contributed by atoms with Gasteiger partial charge in [-0.1, -0.05) is 49.4 Å². The molecule has 21 heavy (non-hydrogen) atoms. The van der Waals surface area contributed by atoms with Gasteiger partial charge < -0.3 is 5.11 Å². The summed E-state index contributed by atoms with van der Waals surface area (Å²) in [7, 11) is 0. The summed E-state index contributed by atoms with van der Waals surface area (Å²) in [6.45, 7) is 3.92. The van der Waals surface area contributed by atoms with E-state index in [2.05, 4.69) is 17.0 Å². The zero-order valence-electron chi connectivity index (χ0n) is 12.4. The summed E-state index contributed by atoms with van der Waals surface area (Å²) >= 11 is 0. The Morgan fingerprint density at radius 2 is 1.67 bits per heavy atom. The van der Waals surface area contributed by atoms with Gasteiger partial charge >= 0.3 is 0 Å². The van der Waals surface area contributed by atoms with Crippen molar-refractivity contribution in [2.45, 2.75) is 32.5 Å². The fourth-order valence-electron chi connectivity index (χ4n) is 2.35. The van der Waals surface area contributed by atoms with Gasteiger partial charge in [-0.05, 0) is 29.7 Å². The zero-order chi connectivity index (χ0) is 15.1. The number of rotatable bonds is 7. The van der Waals surface area contributed by atoms with Gasteiger partial charge in [0.05, 0.1) is 6.10 Å². The van der Waals surface area contributed by atoms with Gasteiger partial charge in [0, 0.05) is 19.6 Å². The highest BCUT2D eigenvalue weighted by molar-refractivity contribution is 5.18. The normalized spacial score (nSPS) is 12.6. The molecule has 3 heteroatoms. The minimum atomic E-state index is -0.359. The van der Waals surface area contributed by atoms with Crippen molar-refractivity contribution in [3.05, 3.63) is 71.5 Å². The van der Waals surface area contributed by atoms with Crippen molar-refractivity contribution in [1.82, 2.24) is 4.90 Å². The molecule has 2 aromatic carbocycles. The maximum Gasteiger partial charge on any atom is 0.123 e. The van der Waals surface area contributed by atoms with Gasteiger partial charge in [0.15, 0.2) is 0 Å². The molecule has 0 aliphatic rings. The molecule has 0 heterocycles. The fraction of sp³-hybridized carbons (Fsp3) is 0.333. The smallest absolute Gasteiger partial charge is 0.123 e. The number of aliphatic hydroxyl groups is 1. The van der Waals surface area contributed by atoms with Crippen LogP contribution in [0.15, 0.2) is 54.6 Å². The van der Waals surface area contributed by atoms with Crippen LogP contribution in [0.5, 0.6) is 0 Å². The van der Waals surface area contributed by atoms with Gasteiger partial charge in [-0.15, -0.1) is 0 Å². The van der Waals surface area contributed by atoms with E-state index < -0.39 is 0 Å². The van der Waals surface area contributed by atoms with E-state index in [1.165, 1.54) is 11.6 Å². The Morgan fingerprint density at radius 3 is 2.33 bits per heavy atom. The van der Waals surface area contributed by atoms with E-state index in [1.54, 1.807) is 12.1 Å². The Bertz CT molecular complexity index is 544. The second kappa shape index (κ2) is 7.91. The monoisotopic (exact) mass is 287 g/mol. The predicted octanol–water partition coefficient (Wildman–Crippen LogP) is 3.60. The third-order valence-electron chi connectivity index (χ3n) is 3.48. The highest BCUT2D eigenvalue weighted by atomic mass is 19.1. The summed E-state index contributed by atoms with van der Waals surface area (Å²) in [5.74, 6) is -0.219. The van der Waals surface area contributed by atoms with E-state index in [9.17, 15) is 9.50 Å². The molecule has 112 valence electrons. The number of hydrogen-bond donors (Lipinski definition) is 1. The zero-order valence-corrected chi connectivity index (χ0v) is 12.4. The number of aliphatic hydroxyl groups excluding tert-OH is 1. The molecule has 0 aliphatic heterocycles. The number of halogens is 1. The lowest BCUT2D eigenvalue weighted by atomic mass is 10.1. The molecule has 0 aliphatic carbocycles. The molecule has 0 saturated heterocycles. The topological polar surface area (TPSA) is 23.5 Å². The average molecular weight is 287 g/mol. The van der Waals surface area contributed by atoms with Crippen LogP contribution >= 0.6 is 0 Å². The molecular formula is C18H22FNO. The van der Waals surface area contributed by atoms with Crippen LogP contribution in [-0.2, 0) is 13.1 Å². The first-order chi connectivity index (χ1) is 10.2. The van der Waals surface area contributed by atoms with Crippen LogP contribution in [0.25, 0.3) is 0 Å². The standard InChI is InChI=1S/C18H22FNO/c1-2-18(21)14-20(12-15-7-4-3-5-8-15)13-16-9-6-10-17(19)11-16/h3-11,18,21H,2,12-14H2,1H3/t18-/m1/s1. The van der Waals surface area contributed by atoms with Crippen molar-refractivity contribution in [2.24, 2.45) is 0 Å². The molecule has 2 aromatic rings. The average Bonchev–Trinajstić information content (AvgIpc) is 2.48. The van der Waals surface area contributed by atoms with Gasteiger partial charge in [-0.25, -0.2) is 4.39 Å². The predicted molar refractivity (Wildman–Crippen MR) is 83.3 cm³/mol. The number of hydrogen-bond acceptors (Lipinski definition) is 2. The second-order valence-corrected chi connectivity index (χ2v) is 5.35. The van der Waals surface area contributed by atoms with Gasteiger partial charge in [-0.3, -0.25) is 4.90 Å². The van der Waals surface area contributed by atoms with E-state index in [4.69, 9.17) is 0 Å². The third kappa shape index (κ3) is 5.29. The second-order valence-electron chi connectivity index (χ2n) is 5.35. The molecule has 0 fully saturated rings. The number of nitrogens with zero attached hydrogens (tertiary/aromatic N) is 1. The minimum Gasteiger partial charge on any atom is -0.392 e. The largest absolute Gasteiger partial charge is 0.392 e. The summed E-state index contributed by atoms with van der Waals surface area (Å²) < 4.78 is 13.3. The van der Waals surface area contributed by atoms with E-state index in [0.29, 0.717) is 19.5 Å². The first-order valence-corrected chi connectivity index (χ1v) is 7.36. The van der Waals surface area contributed by atoms with Crippen molar-refractivity contribution in [2.75, 3.05) is 6.54 Å². The molecule has 0 spiro atoms. The molecule has 1 N–H and O–H groups in total. The van der Waals surface area contributed by atoms with Crippen LogP contribution in [-0.4, -0.2) is 22.7 Å². The van der Waals surface area contributed by atoms with Gasteiger partial charge in [0.2, 0.25) is 0 Å². The van der Waals surface area contributed by atoms with Crippen molar-refractivity contribution < 1.29 is 9.50 Å². The highest BCUT2D eigenvalue weighted by Gasteiger charge is 2.12. The fourth-order valence-corrected chi connectivity index (χ4v) is 2.35. The summed E-state index contributed by atoms with van der Waals surface area (Å²) in [4.78, 5) is 2.15. The maximum atomic E-state index is 13.3. The van der Waals surface area contributed by atoms with Crippen LogP contribution in [0.3, 0.4) is 0 Å². The van der Waals surface area contributed by atoms with E-state index in [-0.39, 0.29) is 11.9 Å². The van der Waals surface area contributed by atoms with E-state index >= 15 is 0 Å². The summed E-state index contributed by atoms with van der Waals surface area (Å²) in [6, 6.07) is 16.8. The summed E-state index contributed by atoms with van der Waals surface area (Å²) in [5, 5.41) is 9.92. The van der Waals surface area contributed by atoms with Crippen LogP contribution in [0, 0.1) is 5.82 Å². The Morgan fingerprint density at radius 1 is 1.00 bits per heavy atom. The molecule has 2 nitrogen and oxygen atoms in total. The third-order valence-corrected chi connectivity index (χ3v) is 3.48. The lowest BCUT2D eigenvalue weighted by Gasteiger charge is -2.25. The molecule has 0 aromatic heterocycles. The lowest BCUT2D eigenvalue weighted by Crippen LogP contribution is -2.31. The van der Waals surface area contributed by atoms with Gasteiger partial charge in [-0.2, -0.15) is 0 Å².